The molecule has 0 saturated heterocycles. The van der Waals surface area contributed by atoms with Crippen LogP contribution < -0.4 is 11.1 Å². The van der Waals surface area contributed by atoms with Crippen molar-refractivity contribution in [3.05, 3.63) is 12.2 Å². The van der Waals surface area contributed by atoms with Crippen LogP contribution in [0.25, 0.3) is 0 Å². The summed E-state index contributed by atoms with van der Waals surface area (Å²) in [5.41, 5.74) is 5.22. The highest BCUT2D eigenvalue weighted by Crippen LogP contribution is 1.89. The van der Waals surface area contributed by atoms with E-state index in [0.717, 1.165) is 19.4 Å². The average Bonchev–Trinajstić information content (AvgIpc) is 2.02. The van der Waals surface area contributed by atoms with Crippen LogP contribution in [0.1, 0.15) is 12.8 Å². The normalized spacial score (nSPS) is 10.4. The zero-order valence-corrected chi connectivity index (χ0v) is 8.19. The van der Waals surface area contributed by atoms with Crippen molar-refractivity contribution in [3.63, 3.8) is 0 Å². The zero-order valence-electron chi connectivity index (χ0n) is 7.38. The molecule has 0 rings (SSSR count). The fourth-order valence-corrected chi connectivity index (χ4v) is 0.790. The van der Waals surface area contributed by atoms with Crippen LogP contribution in [0.15, 0.2) is 12.2 Å². The second-order valence-electron chi connectivity index (χ2n) is 2.35. The van der Waals surface area contributed by atoms with Gasteiger partial charge in [0.2, 0.25) is 0 Å². The molecular weight excluding hydrogens is 172 g/mol. The summed E-state index contributed by atoms with van der Waals surface area (Å²) in [6.07, 6.45) is 6.19. The Morgan fingerprint density at radius 1 is 1.58 bits per heavy atom. The molecule has 0 heterocycles. The highest BCUT2D eigenvalue weighted by atomic mass is 32.1. The first-order valence-electron chi connectivity index (χ1n) is 3.94. The number of rotatable bonds is 6. The van der Waals surface area contributed by atoms with Crippen LogP contribution in [0.4, 0.5) is 0 Å². The van der Waals surface area contributed by atoms with Crippen molar-refractivity contribution in [2.75, 3.05) is 20.3 Å². The predicted molar refractivity (Wildman–Crippen MR) is 55.0 cm³/mol. The van der Waals surface area contributed by atoms with Crippen molar-refractivity contribution < 1.29 is 4.74 Å². The lowest BCUT2D eigenvalue weighted by molar-refractivity contribution is 0.196. The summed E-state index contributed by atoms with van der Waals surface area (Å²) in [7, 11) is 1.71. The van der Waals surface area contributed by atoms with Gasteiger partial charge in [-0.1, -0.05) is 12.2 Å². The molecule has 0 spiro atoms. The SMILES string of the molecule is COCCCC=CCNC(N)=S. The van der Waals surface area contributed by atoms with Crippen LogP contribution >= 0.6 is 12.2 Å². The highest BCUT2D eigenvalue weighted by Gasteiger charge is 1.82. The van der Waals surface area contributed by atoms with Crippen molar-refractivity contribution in [1.29, 1.82) is 0 Å². The van der Waals surface area contributed by atoms with Gasteiger partial charge in [0.25, 0.3) is 0 Å². The summed E-state index contributed by atoms with van der Waals surface area (Å²) in [6, 6.07) is 0. The van der Waals surface area contributed by atoms with Crippen molar-refractivity contribution >= 4 is 17.3 Å². The number of unbranched alkanes of at least 4 members (excludes halogenated alkanes) is 1. The molecule has 0 radical (unpaired) electrons. The van der Waals surface area contributed by atoms with Crippen molar-refractivity contribution in [2.24, 2.45) is 5.73 Å². The van der Waals surface area contributed by atoms with Crippen LogP contribution in [0.5, 0.6) is 0 Å². The third-order valence-corrected chi connectivity index (χ3v) is 1.42. The van der Waals surface area contributed by atoms with E-state index in [-0.39, 0.29) is 0 Å². The second-order valence-corrected chi connectivity index (χ2v) is 2.79. The molecule has 0 aliphatic rings. The van der Waals surface area contributed by atoms with Crippen molar-refractivity contribution in [3.8, 4) is 0 Å². The minimum absolute atomic E-state index is 0.344. The molecule has 0 fully saturated rings. The van der Waals surface area contributed by atoms with Gasteiger partial charge in [0.05, 0.1) is 0 Å². The van der Waals surface area contributed by atoms with E-state index in [1.807, 2.05) is 6.08 Å². The van der Waals surface area contributed by atoms with Gasteiger partial charge in [-0.2, -0.15) is 0 Å². The maximum atomic E-state index is 5.22. The Kier molecular flexibility index (Phi) is 8.05. The third kappa shape index (κ3) is 9.39. The third-order valence-electron chi connectivity index (χ3n) is 1.28. The van der Waals surface area contributed by atoms with Gasteiger partial charge in [-0.05, 0) is 25.1 Å². The highest BCUT2D eigenvalue weighted by molar-refractivity contribution is 7.80. The number of methoxy groups -OCH3 is 1. The number of nitrogens with two attached hydrogens (primary N) is 1. The Morgan fingerprint density at radius 3 is 2.92 bits per heavy atom. The summed E-state index contributed by atoms with van der Waals surface area (Å²) in [5, 5.41) is 3.17. The topological polar surface area (TPSA) is 47.3 Å². The molecular formula is C8H16N2OS. The van der Waals surface area contributed by atoms with Crippen LogP contribution in [-0.4, -0.2) is 25.4 Å². The molecule has 0 saturated carbocycles. The molecule has 70 valence electrons. The fraction of sp³-hybridized carbons (Fsp3) is 0.625. The van der Waals surface area contributed by atoms with E-state index in [2.05, 4.69) is 23.6 Å². The van der Waals surface area contributed by atoms with Gasteiger partial charge in [0, 0.05) is 20.3 Å². The predicted octanol–water partition coefficient (Wildman–Crippen LogP) is 0.802. The maximum absolute atomic E-state index is 5.22. The molecule has 0 atom stereocenters. The molecule has 0 aliphatic carbocycles. The number of ether oxygens (including phenoxy) is 1. The van der Waals surface area contributed by atoms with Crippen LogP contribution in [0.3, 0.4) is 0 Å². The Bertz CT molecular complexity index is 148. The Balaban J connectivity index is 3.09. The maximum Gasteiger partial charge on any atom is 0.163 e. The molecule has 3 nitrogen and oxygen atoms in total. The van der Waals surface area contributed by atoms with Crippen LogP contribution in [0, 0.1) is 0 Å². The summed E-state index contributed by atoms with van der Waals surface area (Å²) in [4.78, 5) is 0. The number of thiocarbonyl (C=S) groups is 1. The molecule has 0 aromatic heterocycles. The number of hydrogen-bond donors (Lipinski definition) is 2. The number of allylic oxidation sites excluding steroid dienone is 1. The smallest absolute Gasteiger partial charge is 0.163 e. The Morgan fingerprint density at radius 2 is 2.33 bits per heavy atom. The van der Waals surface area contributed by atoms with Crippen LogP contribution in [-0.2, 0) is 4.74 Å². The van der Waals surface area contributed by atoms with E-state index < -0.39 is 0 Å². The molecule has 12 heavy (non-hydrogen) atoms. The second kappa shape index (κ2) is 8.49. The standard InChI is InChI=1S/C8H16N2OS/c1-11-7-5-3-2-4-6-10-8(9)12/h2,4H,3,5-7H2,1H3,(H3,9,10,12). The summed E-state index contributed by atoms with van der Waals surface area (Å²) in [6.45, 7) is 1.52. The van der Waals surface area contributed by atoms with E-state index in [4.69, 9.17) is 10.5 Å². The van der Waals surface area contributed by atoms with Crippen molar-refractivity contribution in [1.82, 2.24) is 5.32 Å². The number of hydrogen-bond acceptors (Lipinski definition) is 2. The van der Waals surface area contributed by atoms with E-state index in [1.54, 1.807) is 7.11 Å². The first kappa shape index (κ1) is 11.4. The quantitative estimate of drug-likeness (QED) is 0.368. The Labute approximate surface area is 79.0 Å². The van der Waals surface area contributed by atoms with E-state index in [9.17, 15) is 0 Å². The van der Waals surface area contributed by atoms with Gasteiger partial charge >= 0.3 is 0 Å². The van der Waals surface area contributed by atoms with Crippen LogP contribution in [0.2, 0.25) is 0 Å². The van der Waals surface area contributed by atoms with Gasteiger partial charge in [-0.25, -0.2) is 0 Å². The molecule has 0 aromatic rings. The largest absolute Gasteiger partial charge is 0.385 e. The van der Waals surface area contributed by atoms with Crippen molar-refractivity contribution in [2.45, 2.75) is 12.8 Å². The van der Waals surface area contributed by atoms with Gasteiger partial charge < -0.3 is 15.8 Å². The fourth-order valence-electron chi connectivity index (χ4n) is 0.706. The zero-order chi connectivity index (χ0) is 9.23. The average molecular weight is 188 g/mol. The lowest BCUT2D eigenvalue weighted by Crippen LogP contribution is -2.28. The first-order chi connectivity index (χ1) is 5.77. The molecule has 0 amide bonds. The van der Waals surface area contributed by atoms with Gasteiger partial charge in [-0.15, -0.1) is 0 Å². The molecule has 0 aliphatic heterocycles. The summed E-state index contributed by atoms with van der Waals surface area (Å²) >= 11 is 4.63. The lowest BCUT2D eigenvalue weighted by atomic mass is 10.3. The molecule has 3 N–H and O–H groups in total. The van der Waals surface area contributed by atoms with E-state index >= 15 is 0 Å². The minimum atomic E-state index is 0.344. The molecule has 4 heteroatoms. The number of nitrogens with one attached hydrogen (secondary N) is 1. The van der Waals surface area contributed by atoms with E-state index in [0.29, 0.717) is 11.7 Å². The Hall–Kier alpha value is -0.610. The molecule has 0 aromatic carbocycles. The summed E-state index contributed by atoms with van der Waals surface area (Å²) in [5.74, 6) is 0. The molecule has 0 bridgehead atoms. The molecule has 0 unspecified atom stereocenters. The van der Waals surface area contributed by atoms with Gasteiger partial charge in [0.15, 0.2) is 5.11 Å². The monoisotopic (exact) mass is 188 g/mol. The first-order valence-corrected chi connectivity index (χ1v) is 4.35. The van der Waals surface area contributed by atoms with Gasteiger partial charge in [0.1, 0.15) is 0 Å². The van der Waals surface area contributed by atoms with E-state index in [1.165, 1.54) is 0 Å². The lowest BCUT2D eigenvalue weighted by Gasteiger charge is -1.97. The van der Waals surface area contributed by atoms with Gasteiger partial charge in [-0.3, -0.25) is 0 Å². The minimum Gasteiger partial charge on any atom is -0.385 e. The summed E-state index contributed by atoms with van der Waals surface area (Å²) < 4.78 is 4.90.